The number of primary amides is 1. The van der Waals surface area contributed by atoms with Gasteiger partial charge >= 0.3 is 0 Å². The van der Waals surface area contributed by atoms with Crippen molar-refractivity contribution < 1.29 is 9.53 Å². The van der Waals surface area contributed by atoms with E-state index < -0.39 is 0 Å². The standard InChI is InChI=1S/C14H20N2O2/c15-14(17)10-13(12-4-2-1-3-5-12)11-16-6-8-18-9-7-16/h1-5,13H,6-11H2,(H2,15,17)/t13-/m1/s1. The van der Waals surface area contributed by atoms with Crippen molar-refractivity contribution in [1.29, 1.82) is 0 Å². The number of carbonyl (C=O) groups excluding carboxylic acids is 1. The van der Waals surface area contributed by atoms with Gasteiger partial charge in [-0.15, -0.1) is 0 Å². The summed E-state index contributed by atoms with van der Waals surface area (Å²) in [5, 5.41) is 0. The SMILES string of the molecule is NC(=O)C[C@H](CN1CCOCC1)c1ccccc1. The molecule has 0 saturated carbocycles. The van der Waals surface area contributed by atoms with Gasteiger partial charge in [-0.1, -0.05) is 30.3 Å². The van der Waals surface area contributed by atoms with Crippen LogP contribution in [0.3, 0.4) is 0 Å². The average Bonchev–Trinajstić information content (AvgIpc) is 2.40. The summed E-state index contributed by atoms with van der Waals surface area (Å²) in [5.74, 6) is -0.0566. The number of hydrogen-bond acceptors (Lipinski definition) is 3. The van der Waals surface area contributed by atoms with Crippen LogP contribution in [0.5, 0.6) is 0 Å². The van der Waals surface area contributed by atoms with E-state index in [1.54, 1.807) is 0 Å². The Morgan fingerprint density at radius 1 is 1.28 bits per heavy atom. The molecule has 1 aliphatic rings. The third-order valence-electron chi connectivity index (χ3n) is 3.30. The van der Waals surface area contributed by atoms with Crippen LogP contribution in [0.1, 0.15) is 17.9 Å². The molecule has 98 valence electrons. The number of carbonyl (C=O) groups is 1. The van der Waals surface area contributed by atoms with Crippen LogP contribution in [-0.4, -0.2) is 43.7 Å². The Morgan fingerprint density at radius 3 is 2.56 bits per heavy atom. The molecular formula is C14H20N2O2. The molecule has 1 aromatic rings. The summed E-state index contributed by atoms with van der Waals surface area (Å²) < 4.78 is 5.33. The lowest BCUT2D eigenvalue weighted by atomic mass is 9.94. The van der Waals surface area contributed by atoms with Gasteiger partial charge < -0.3 is 10.5 Å². The predicted octanol–water partition coefficient (Wildman–Crippen LogP) is 0.978. The zero-order valence-electron chi connectivity index (χ0n) is 10.5. The number of ether oxygens (including phenoxy) is 1. The minimum Gasteiger partial charge on any atom is -0.379 e. The zero-order valence-corrected chi connectivity index (χ0v) is 10.5. The van der Waals surface area contributed by atoms with E-state index in [9.17, 15) is 4.79 Å². The molecule has 1 atom stereocenters. The largest absolute Gasteiger partial charge is 0.379 e. The Bertz CT molecular complexity index is 375. The van der Waals surface area contributed by atoms with Crippen molar-refractivity contribution in [2.24, 2.45) is 5.73 Å². The molecular weight excluding hydrogens is 228 g/mol. The molecule has 1 heterocycles. The number of nitrogens with two attached hydrogens (primary N) is 1. The Labute approximate surface area is 108 Å². The van der Waals surface area contributed by atoms with Gasteiger partial charge in [-0.2, -0.15) is 0 Å². The Morgan fingerprint density at radius 2 is 1.94 bits per heavy atom. The molecule has 0 aliphatic carbocycles. The zero-order chi connectivity index (χ0) is 12.8. The summed E-state index contributed by atoms with van der Waals surface area (Å²) in [6, 6.07) is 10.1. The molecule has 1 amide bonds. The maximum absolute atomic E-state index is 11.2. The van der Waals surface area contributed by atoms with Gasteiger partial charge in [0.05, 0.1) is 13.2 Å². The first kappa shape index (κ1) is 13.1. The molecule has 0 aromatic heterocycles. The second kappa shape index (κ2) is 6.52. The van der Waals surface area contributed by atoms with E-state index in [0.717, 1.165) is 32.8 Å². The smallest absolute Gasteiger partial charge is 0.218 e. The van der Waals surface area contributed by atoms with Crippen LogP contribution in [0.15, 0.2) is 30.3 Å². The summed E-state index contributed by atoms with van der Waals surface area (Å²) in [7, 11) is 0. The van der Waals surface area contributed by atoms with Crippen LogP contribution in [0.4, 0.5) is 0 Å². The van der Waals surface area contributed by atoms with E-state index in [4.69, 9.17) is 10.5 Å². The number of rotatable bonds is 5. The van der Waals surface area contributed by atoms with Crippen LogP contribution >= 0.6 is 0 Å². The monoisotopic (exact) mass is 248 g/mol. The first-order chi connectivity index (χ1) is 8.75. The lowest BCUT2D eigenvalue weighted by molar-refractivity contribution is -0.118. The first-order valence-electron chi connectivity index (χ1n) is 6.39. The van der Waals surface area contributed by atoms with Crippen molar-refractivity contribution in [1.82, 2.24) is 4.90 Å². The minimum absolute atomic E-state index is 0.182. The summed E-state index contributed by atoms with van der Waals surface area (Å²) in [4.78, 5) is 13.5. The summed E-state index contributed by atoms with van der Waals surface area (Å²) in [6.45, 7) is 4.29. The number of hydrogen-bond donors (Lipinski definition) is 1. The topological polar surface area (TPSA) is 55.6 Å². The molecule has 2 rings (SSSR count). The number of nitrogens with zero attached hydrogens (tertiary/aromatic N) is 1. The minimum atomic E-state index is -0.239. The van der Waals surface area contributed by atoms with E-state index in [-0.39, 0.29) is 11.8 Å². The summed E-state index contributed by atoms with van der Waals surface area (Å²) >= 11 is 0. The summed E-state index contributed by atoms with van der Waals surface area (Å²) in [6.07, 6.45) is 0.404. The highest BCUT2D eigenvalue weighted by molar-refractivity contribution is 5.74. The van der Waals surface area contributed by atoms with Gasteiger partial charge in [-0.05, 0) is 5.56 Å². The first-order valence-corrected chi connectivity index (χ1v) is 6.39. The number of benzene rings is 1. The summed E-state index contributed by atoms with van der Waals surface area (Å²) in [5.41, 5.74) is 6.54. The van der Waals surface area contributed by atoms with Gasteiger partial charge in [0, 0.05) is 32.0 Å². The molecule has 4 heteroatoms. The van der Waals surface area contributed by atoms with Gasteiger partial charge in [-0.25, -0.2) is 0 Å². The molecule has 18 heavy (non-hydrogen) atoms. The van der Waals surface area contributed by atoms with Crippen LogP contribution in [0, 0.1) is 0 Å². The average molecular weight is 248 g/mol. The van der Waals surface area contributed by atoms with Crippen LogP contribution in [0.25, 0.3) is 0 Å². The Balaban J connectivity index is 2.02. The molecule has 1 fully saturated rings. The van der Waals surface area contributed by atoms with Gasteiger partial charge in [0.25, 0.3) is 0 Å². The molecule has 0 radical (unpaired) electrons. The maximum atomic E-state index is 11.2. The highest BCUT2D eigenvalue weighted by Gasteiger charge is 2.19. The van der Waals surface area contributed by atoms with Gasteiger partial charge in [0.2, 0.25) is 5.91 Å². The fourth-order valence-electron chi connectivity index (χ4n) is 2.35. The van der Waals surface area contributed by atoms with Crippen molar-refractivity contribution in [3.8, 4) is 0 Å². The van der Waals surface area contributed by atoms with Gasteiger partial charge in [0.1, 0.15) is 0 Å². The van der Waals surface area contributed by atoms with Gasteiger partial charge in [0.15, 0.2) is 0 Å². The number of morpholine rings is 1. The lowest BCUT2D eigenvalue weighted by Crippen LogP contribution is -2.39. The second-order valence-electron chi connectivity index (χ2n) is 4.69. The Hall–Kier alpha value is -1.39. The molecule has 0 spiro atoms. The highest BCUT2D eigenvalue weighted by atomic mass is 16.5. The maximum Gasteiger partial charge on any atom is 0.218 e. The fourth-order valence-corrected chi connectivity index (χ4v) is 2.35. The molecule has 2 N–H and O–H groups in total. The van der Waals surface area contributed by atoms with E-state index in [0.29, 0.717) is 6.42 Å². The van der Waals surface area contributed by atoms with Crippen LogP contribution in [-0.2, 0) is 9.53 Å². The molecule has 1 aromatic carbocycles. The second-order valence-corrected chi connectivity index (χ2v) is 4.69. The third-order valence-corrected chi connectivity index (χ3v) is 3.30. The van der Waals surface area contributed by atoms with Crippen molar-refractivity contribution >= 4 is 5.91 Å². The molecule has 4 nitrogen and oxygen atoms in total. The van der Waals surface area contributed by atoms with Crippen molar-refractivity contribution in [2.45, 2.75) is 12.3 Å². The van der Waals surface area contributed by atoms with E-state index in [1.807, 2.05) is 18.2 Å². The molecule has 1 saturated heterocycles. The Kier molecular flexibility index (Phi) is 4.73. The molecule has 0 bridgehead atoms. The predicted molar refractivity (Wildman–Crippen MR) is 70.3 cm³/mol. The van der Waals surface area contributed by atoms with E-state index in [1.165, 1.54) is 5.56 Å². The molecule has 0 unspecified atom stereocenters. The normalized spacial score (nSPS) is 18.4. The lowest BCUT2D eigenvalue weighted by Gasteiger charge is -2.30. The van der Waals surface area contributed by atoms with Crippen LogP contribution < -0.4 is 5.73 Å². The van der Waals surface area contributed by atoms with E-state index >= 15 is 0 Å². The highest BCUT2D eigenvalue weighted by Crippen LogP contribution is 2.21. The fraction of sp³-hybridized carbons (Fsp3) is 0.500. The van der Waals surface area contributed by atoms with Crippen molar-refractivity contribution in [2.75, 3.05) is 32.8 Å². The van der Waals surface area contributed by atoms with Crippen LogP contribution in [0.2, 0.25) is 0 Å². The van der Waals surface area contributed by atoms with Crippen molar-refractivity contribution in [3.05, 3.63) is 35.9 Å². The quantitative estimate of drug-likeness (QED) is 0.845. The van der Waals surface area contributed by atoms with Gasteiger partial charge in [-0.3, -0.25) is 9.69 Å². The molecule has 1 aliphatic heterocycles. The number of amides is 1. The van der Waals surface area contributed by atoms with E-state index in [2.05, 4.69) is 17.0 Å². The third kappa shape index (κ3) is 3.82. The van der Waals surface area contributed by atoms with Crippen molar-refractivity contribution in [3.63, 3.8) is 0 Å².